The zero-order chi connectivity index (χ0) is 14.4. The van der Waals surface area contributed by atoms with E-state index in [9.17, 15) is 4.79 Å². The number of piperidine rings is 1. The second kappa shape index (κ2) is 7.77. The summed E-state index contributed by atoms with van der Waals surface area (Å²) in [5.74, 6) is 0.162. The summed E-state index contributed by atoms with van der Waals surface area (Å²) >= 11 is 5.83. The van der Waals surface area contributed by atoms with Gasteiger partial charge in [0.25, 0.3) is 0 Å². The van der Waals surface area contributed by atoms with Crippen molar-refractivity contribution in [3.05, 3.63) is 34.9 Å². The van der Waals surface area contributed by atoms with Crippen molar-refractivity contribution in [2.45, 2.75) is 38.1 Å². The van der Waals surface area contributed by atoms with E-state index in [1.54, 1.807) is 24.3 Å². The van der Waals surface area contributed by atoms with Gasteiger partial charge in [-0.05, 0) is 50.1 Å². The Kier molecular flexibility index (Phi) is 6.02. The number of hydrogen-bond donors (Lipinski definition) is 1. The van der Waals surface area contributed by atoms with Crippen LogP contribution in [0.4, 0.5) is 0 Å². The average Bonchev–Trinajstić information content (AvgIpc) is 2.47. The number of rotatable bonds is 6. The minimum absolute atomic E-state index is 0.162. The average molecular weight is 296 g/mol. The molecule has 0 radical (unpaired) electrons. The lowest BCUT2D eigenvalue weighted by Gasteiger charge is -2.35. The molecule has 3 nitrogen and oxygen atoms in total. The van der Waals surface area contributed by atoms with Gasteiger partial charge >= 0.3 is 0 Å². The van der Waals surface area contributed by atoms with Crippen LogP contribution in [0.2, 0.25) is 5.02 Å². The normalized spacial score (nSPS) is 20.0. The number of benzene rings is 1. The van der Waals surface area contributed by atoms with Crippen LogP contribution in [0, 0.1) is 0 Å². The van der Waals surface area contributed by atoms with Gasteiger partial charge < -0.3 is 5.11 Å². The number of carbonyl (C=O) groups is 1. The summed E-state index contributed by atoms with van der Waals surface area (Å²) in [6, 6.07) is 7.51. The number of nitrogens with zero attached hydrogens (tertiary/aromatic N) is 1. The molecule has 2 rings (SSSR count). The molecule has 0 bridgehead atoms. The van der Waals surface area contributed by atoms with E-state index in [1.165, 1.54) is 12.8 Å². The third-order valence-corrected chi connectivity index (χ3v) is 4.26. The van der Waals surface area contributed by atoms with Gasteiger partial charge in [0, 0.05) is 36.2 Å². The lowest BCUT2D eigenvalue weighted by molar-refractivity contribution is 0.0896. The van der Waals surface area contributed by atoms with Crippen molar-refractivity contribution in [2.75, 3.05) is 19.7 Å². The molecule has 1 heterocycles. The number of likely N-dealkylation sites (tertiary alicyclic amines) is 1. The maximum atomic E-state index is 12.1. The van der Waals surface area contributed by atoms with Crippen LogP contribution >= 0.6 is 11.6 Å². The highest BCUT2D eigenvalue weighted by atomic mass is 35.5. The SMILES string of the molecule is O=C(CCN1CCCCC1CCO)c1ccc(Cl)cc1. The Labute approximate surface area is 125 Å². The molecule has 1 unspecified atom stereocenters. The third-order valence-electron chi connectivity index (χ3n) is 4.00. The Morgan fingerprint density at radius 3 is 2.75 bits per heavy atom. The highest BCUT2D eigenvalue weighted by Gasteiger charge is 2.22. The van der Waals surface area contributed by atoms with Crippen molar-refractivity contribution in [2.24, 2.45) is 0 Å². The smallest absolute Gasteiger partial charge is 0.164 e. The van der Waals surface area contributed by atoms with Crippen LogP contribution in [0.3, 0.4) is 0 Å². The molecular weight excluding hydrogens is 274 g/mol. The standard InChI is InChI=1S/C16H22ClNO2/c17-14-6-4-13(5-7-14)16(20)8-11-18-10-2-1-3-15(18)9-12-19/h4-7,15,19H,1-3,8-12H2. The Bertz CT molecular complexity index is 431. The minimum Gasteiger partial charge on any atom is -0.396 e. The van der Waals surface area contributed by atoms with Gasteiger partial charge in [-0.2, -0.15) is 0 Å². The number of Topliss-reactive ketones (excluding diaryl/α,β-unsaturated/α-hetero) is 1. The van der Waals surface area contributed by atoms with Crippen molar-refractivity contribution in [1.29, 1.82) is 0 Å². The van der Waals surface area contributed by atoms with Crippen LogP contribution in [0.1, 0.15) is 42.5 Å². The van der Waals surface area contributed by atoms with Gasteiger partial charge in [0.1, 0.15) is 0 Å². The van der Waals surface area contributed by atoms with Gasteiger partial charge in [0.05, 0.1) is 0 Å². The molecule has 20 heavy (non-hydrogen) atoms. The molecule has 1 aromatic rings. The number of aliphatic hydroxyl groups is 1. The van der Waals surface area contributed by atoms with Crippen LogP contribution < -0.4 is 0 Å². The van der Waals surface area contributed by atoms with E-state index in [1.807, 2.05) is 0 Å². The molecule has 0 spiro atoms. The summed E-state index contributed by atoms with van der Waals surface area (Å²) in [6.07, 6.45) is 4.90. The number of carbonyl (C=O) groups excluding carboxylic acids is 1. The number of ketones is 1. The van der Waals surface area contributed by atoms with Gasteiger partial charge in [-0.15, -0.1) is 0 Å². The Hall–Kier alpha value is -0.900. The predicted molar refractivity (Wildman–Crippen MR) is 81.3 cm³/mol. The fourth-order valence-electron chi connectivity index (χ4n) is 2.86. The molecule has 0 aromatic heterocycles. The zero-order valence-electron chi connectivity index (χ0n) is 11.7. The first-order valence-electron chi connectivity index (χ1n) is 7.34. The van der Waals surface area contributed by atoms with Crippen molar-refractivity contribution in [3.8, 4) is 0 Å². The van der Waals surface area contributed by atoms with E-state index in [0.717, 1.165) is 31.5 Å². The molecule has 0 amide bonds. The summed E-state index contributed by atoms with van der Waals surface area (Å²) < 4.78 is 0. The predicted octanol–water partition coefficient (Wildman–Crippen LogP) is 3.15. The van der Waals surface area contributed by atoms with Crippen LogP contribution in [0.25, 0.3) is 0 Å². The van der Waals surface area contributed by atoms with E-state index < -0.39 is 0 Å². The molecule has 110 valence electrons. The number of aliphatic hydroxyl groups excluding tert-OH is 1. The molecule has 1 aliphatic heterocycles. The highest BCUT2D eigenvalue weighted by molar-refractivity contribution is 6.30. The van der Waals surface area contributed by atoms with Gasteiger partial charge in [-0.3, -0.25) is 9.69 Å². The van der Waals surface area contributed by atoms with E-state index in [4.69, 9.17) is 16.7 Å². The summed E-state index contributed by atoms with van der Waals surface area (Å²) in [5, 5.41) is 9.76. The molecule has 1 N–H and O–H groups in total. The second-order valence-electron chi connectivity index (χ2n) is 5.38. The molecule has 1 atom stereocenters. The lowest BCUT2D eigenvalue weighted by Crippen LogP contribution is -2.41. The van der Waals surface area contributed by atoms with Crippen LogP contribution in [-0.4, -0.2) is 41.5 Å². The monoisotopic (exact) mass is 295 g/mol. The minimum atomic E-state index is 0.162. The van der Waals surface area contributed by atoms with Crippen molar-refractivity contribution in [3.63, 3.8) is 0 Å². The first-order valence-corrected chi connectivity index (χ1v) is 7.72. The van der Waals surface area contributed by atoms with Crippen LogP contribution in [0.5, 0.6) is 0 Å². The third kappa shape index (κ3) is 4.30. The largest absolute Gasteiger partial charge is 0.396 e. The van der Waals surface area contributed by atoms with E-state index >= 15 is 0 Å². The highest BCUT2D eigenvalue weighted by Crippen LogP contribution is 2.20. The van der Waals surface area contributed by atoms with Crippen LogP contribution in [0.15, 0.2) is 24.3 Å². The van der Waals surface area contributed by atoms with E-state index in [2.05, 4.69) is 4.90 Å². The number of halogens is 1. The Morgan fingerprint density at radius 2 is 2.05 bits per heavy atom. The maximum Gasteiger partial charge on any atom is 0.164 e. The fraction of sp³-hybridized carbons (Fsp3) is 0.562. The molecule has 0 saturated carbocycles. The molecule has 1 fully saturated rings. The first kappa shape index (κ1) is 15.5. The van der Waals surface area contributed by atoms with Gasteiger partial charge in [0.2, 0.25) is 0 Å². The molecule has 1 aliphatic rings. The van der Waals surface area contributed by atoms with Crippen molar-refractivity contribution in [1.82, 2.24) is 4.90 Å². The Balaban J connectivity index is 1.86. The quantitative estimate of drug-likeness (QED) is 0.820. The summed E-state index contributed by atoms with van der Waals surface area (Å²) in [4.78, 5) is 14.5. The van der Waals surface area contributed by atoms with Crippen molar-refractivity contribution < 1.29 is 9.90 Å². The topological polar surface area (TPSA) is 40.5 Å². The lowest BCUT2D eigenvalue weighted by atomic mass is 9.98. The Morgan fingerprint density at radius 1 is 1.30 bits per heavy atom. The summed E-state index contributed by atoms with van der Waals surface area (Å²) in [7, 11) is 0. The second-order valence-corrected chi connectivity index (χ2v) is 5.81. The molecule has 4 heteroatoms. The fourth-order valence-corrected chi connectivity index (χ4v) is 2.98. The molecule has 1 saturated heterocycles. The van der Waals surface area contributed by atoms with Gasteiger partial charge in [0.15, 0.2) is 5.78 Å². The summed E-state index contributed by atoms with van der Waals surface area (Å²) in [5.41, 5.74) is 0.727. The van der Waals surface area contributed by atoms with Gasteiger partial charge in [-0.1, -0.05) is 18.0 Å². The number of hydrogen-bond acceptors (Lipinski definition) is 3. The van der Waals surface area contributed by atoms with Crippen molar-refractivity contribution >= 4 is 17.4 Å². The maximum absolute atomic E-state index is 12.1. The van der Waals surface area contributed by atoms with E-state index in [0.29, 0.717) is 17.5 Å². The summed E-state index contributed by atoms with van der Waals surface area (Å²) in [6.45, 7) is 2.05. The zero-order valence-corrected chi connectivity index (χ0v) is 12.5. The molecular formula is C16H22ClNO2. The molecule has 1 aromatic carbocycles. The van der Waals surface area contributed by atoms with E-state index in [-0.39, 0.29) is 12.4 Å². The molecule has 0 aliphatic carbocycles. The van der Waals surface area contributed by atoms with Gasteiger partial charge in [-0.25, -0.2) is 0 Å². The first-order chi connectivity index (χ1) is 9.70. The van der Waals surface area contributed by atoms with Crippen LogP contribution in [-0.2, 0) is 0 Å².